The average molecular weight is 258 g/mol. The molecule has 1 unspecified atom stereocenters. The Morgan fingerprint density at radius 2 is 2.05 bits per heavy atom. The van der Waals surface area contributed by atoms with Gasteiger partial charge in [-0.05, 0) is 56.9 Å². The van der Waals surface area contributed by atoms with E-state index in [9.17, 15) is 0 Å². The standard InChI is InChI=1S/C16H22N2O/c1-16(2)12-13(8-10-17)9-11-18(16)14-4-6-15(19-3)7-5-14/h4-7,13H,8-9,11-12H2,1-3H3. The maximum Gasteiger partial charge on any atom is 0.119 e. The van der Waals surface area contributed by atoms with E-state index < -0.39 is 0 Å². The largest absolute Gasteiger partial charge is 0.497 e. The summed E-state index contributed by atoms with van der Waals surface area (Å²) in [6, 6.07) is 10.6. The molecule has 102 valence electrons. The second-order valence-corrected chi connectivity index (χ2v) is 5.88. The molecule has 1 saturated heterocycles. The predicted octanol–water partition coefficient (Wildman–Crippen LogP) is 3.60. The predicted molar refractivity (Wildman–Crippen MR) is 77.4 cm³/mol. The van der Waals surface area contributed by atoms with E-state index in [4.69, 9.17) is 10.00 Å². The third-order valence-corrected chi connectivity index (χ3v) is 4.04. The van der Waals surface area contributed by atoms with E-state index in [-0.39, 0.29) is 5.54 Å². The van der Waals surface area contributed by atoms with E-state index in [0.717, 1.165) is 25.1 Å². The summed E-state index contributed by atoms with van der Waals surface area (Å²) in [5.41, 5.74) is 1.34. The molecule has 1 aliphatic rings. The first kappa shape index (κ1) is 13.7. The molecular formula is C16H22N2O. The van der Waals surface area contributed by atoms with Crippen LogP contribution in [0, 0.1) is 17.2 Å². The minimum absolute atomic E-state index is 0.106. The topological polar surface area (TPSA) is 36.3 Å². The third-order valence-electron chi connectivity index (χ3n) is 4.04. The van der Waals surface area contributed by atoms with Gasteiger partial charge >= 0.3 is 0 Å². The van der Waals surface area contributed by atoms with Gasteiger partial charge in [0.2, 0.25) is 0 Å². The number of benzene rings is 1. The lowest BCUT2D eigenvalue weighted by Gasteiger charge is -2.47. The molecule has 0 aromatic heterocycles. The average Bonchev–Trinajstić information content (AvgIpc) is 2.38. The van der Waals surface area contributed by atoms with Crippen LogP contribution in [0.3, 0.4) is 0 Å². The smallest absolute Gasteiger partial charge is 0.119 e. The van der Waals surface area contributed by atoms with Gasteiger partial charge in [-0.1, -0.05) is 0 Å². The highest BCUT2D eigenvalue weighted by Crippen LogP contribution is 2.36. The van der Waals surface area contributed by atoms with Crippen LogP contribution in [0.2, 0.25) is 0 Å². The molecule has 0 saturated carbocycles. The summed E-state index contributed by atoms with van der Waals surface area (Å²) in [4.78, 5) is 2.44. The summed E-state index contributed by atoms with van der Waals surface area (Å²) in [5.74, 6) is 1.43. The molecule has 0 amide bonds. The minimum Gasteiger partial charge on any atom is -0.497 e. The van der Waals surface area contributed by atoms with E-state index in [1.54, 1.807) is 7.11 Å². The van der Waals surface area contributed by atoms with E-state index >= 15 is 0 Å². The molecule has 0 spiro atoms. The summed E-state index contributed by atoms with van der Waals surface area (Å²) in [6.45, 7) is 5.55. The van der Waals surface area contributed by atoms with Crippen molar-refractivity contribution in [3.8, 4) is 11.8 Å². The van der Waals surface area contributed by atoms with Gasteiger partial charge in [0.1, 0.15) is 5.75 Å². The van der Waals surface area contributed by atoms with Crippen molar-refractivity contribution in [2.75, 3.05) is 18.6 Å². The van der Waals surface area contributed by atoms with Crippen LogP contribution in [0.1, 0.15) is 33.1 Å². The van der Waals surface area contributed by atoms with Crippen molar-refractivity contribution in [2.45, 2.75) is 38.6 Å². The first-order valence-electron chi connectivity index (χ1n) is 6.85. The third kappa shape index (κ3) is 3.01. The van der Waals surface area contributed by atoms with Gasteiger partial charge in [0, 0.05) is 24.2 Å². The molecule has 1 aromatic rings. The molecule has 3 nitrogen and oxygen atoms in total. The van der Waals surface area contributed by atoms with E-state index in [1.165, 1.54) is 5.69 Å². The van der Waals surface area contributed by atoms with Crippen LogP contribution < -0.4 is 9.64 Å². The van der Waals surface area contributed by atoms with Crippen LogP contribution in [0.4, 0.5) is 5.69 Å². The number of rotatable bonds is 3. The van der Waals surface area contributed by atoms with Crippen molar-refractivity contribution < 1.29 is 4.74 Å². The lowest BCUT2D eigenvalue weighted by molar-refractivity contribution is 0.277. The van der Waals surface area contributed by atoms with Gasteiger partial charge in [-0.3, -0.25) is 0 Å². The Bertz CT molecular complexity index is 459. The van der Waals surface area contributed by atoms with Crippen LogP contribution >= 0.6 is 0 Å². The van der Waals surface area contributed by atoms with Crippen molar-refractivity contribution in [1.29, 1.82) is 5.26 Å². The maximum atomic E-state index is 8.85. The number of ether oxygens (including phenoxy) is 1. The van der Waals surface area contributed by atoms with Crippen molar-refractivity contribution in [3.63, 3.8) is 0 Å². The highest BCUT2D eigenvalue weighted by Gasteiger charge is 2.34. The van der Waals surface area contributed by atoms with Crippen LogP contribution in [0.5, 0.6) is 5.75 Å². The van der Waals surface area contributed by atoms with Gasteiger partial charge in [-0.25, -0.2) is 0 Å². The number of methoxy groups -OCH3 is 1. The van der Waals surface area contributed by atoms with Gasteiger partial charge in [0.05, 0.1) is 13.2 Å². The Balaban J connectivity index is 2.14. The molecule has 19 heavy (non-hydrogen) atoms. The molecular weight excluding hydrogens is 236 g/mol. The van der Waals surface area contributed by atoms with Gasteiger partial charge in [-0.2, -0.15) is 5.26 Å². The fourth-order valence-corrected chi connectivity index (χ4v) is 3.08. The maximum absolute atomic E-state index is 8.85. The Hall–Kier alpha value is -1.69. The van der Waals surface area contributed by atoms with Crippen molar-refractivity contribution >= 4 is 5.69 Å². The zero-order valence-electron chi connectivity index (χ0n) is 12.0. The number of nitrogens with zero attached hydrogens (tertiary/aromatic N) is 2. The van der Waals surface area contributed by atoms with Gasteiger partial charge in [-0.15, -0.1) is 0 Å². The monoisotopic (exact) mass is 258 g/mol. The van der Waals surface area contributed by atoms with E-state index in [0.29, 0.717) is 12.3 Å². The second-order valence-electron chi connectivity index (χ2n) is 5.88. The van der Waals surface area contributed by atoms with Crippen molar-refractivity contribution in [3.05, 3.63) is 24.3 Å². The quantitative estimate of drug-likeness (QED) is 0.831. The summed E-state index contributed by atoms with van der Waals surface area (Å²) < 4.78 is 5.20. The van der Waals surface area contributed by atoms with Gasteiger partial charge in [0.15, 0.2) is 0 Å². The van der Waals surface area contributed by atoms with Crippen LogP contribution in [0.25, 0.3) is 0 Å². The molecule has 0 aliphatic carbocycles. The number of hydrogen-bond acceptors (Lipinski definition) is 3. The number of hydrogen-bond donors (Lipinski definition) is 0. The SMILES string of the molecule is COc1ccc(N2CCC(CC#N)CC2(C)C)cc1. The summed E-state index contributed by atoms with van der Waals surface area (Å²) in [7, 11) is 1.69. The number of piperidine rings is 1. The van der Waals surface area contributed by atoms with E-state index in [1.807, 2.05) is 12.1 Å². The summed E-state index contributed by atoms with van der Waals surface area (Å²) in [5, 5.41) is 8.85. The normalized spacial score (nSPS) is 21.8. The molecule has 1 atom stereocenters. The second kappa shape index (κ2) is 5.52. The van der Waals surface area contributed by atoms with Crippen LogP contribution in [-0.4, -0.2) is 19.2 Å². The number of anilines is 1. The molecule has 0 N–H and O–H groups in total. The van der Waals surface area contributed by atoms with Crippen LogP contribution in [-0.2, 0) is 0 Å². The summed E-state index contributed by atoms with van der Waals surface area (Å²) in [6.07, 6.45) is 2.86. The molecule has 1 heterocycles. The molecule has 0 radical (unpaired) electrons. The molecule has 0 bridgehead atoms. The van der Waals surface area contributed by atoms with Crippen LogP contribution in [0.15, 0.2) is 24.3 Å². The lowest BCUT2D eigenvalue weighted by Crippen LogP contribution is -2.50. The lowest BCUT2D eigenvalue weighted by atomic mass is 9.81. The van der Waals surface area contributed by atoms with Crippen molar-refractivity contribution in [2.24, 2.45) is 5.92 Å². The Morgan fingerprint density at radius 1 is 1.37 bits per heavy atom. The number of nitriles is 1. The zero-order chi connectivity index (χ0) is 13.9. The molecule has 2 rings (SSSR count). The van der Waals surface area contributed by atoms with E-state index in [2.05, 4.69) is 36.9 Å². The molecule has 1 aliphatic heterocycles. The first-order chi connectivity index (χ1) is 9.06. The Morgan fingerprint density at radius 3 is 2.58 bits per heavy atom. The van der Waals surface area contributed by atoms with Gasteiger partial charge in [0.25, 0.3) is 0 Å². The summed E-state index contributed by atoms with van der Waals surface area (Å²) >= 11 is 0. The molecule has 1 aromatic carbocycles. The molecule has 3 heteroatoms. The van der Waals surface area contributed by atoms with Crippen molar-refractivity contribution in [1.82, 2.24) is 0 Å². The fraction of sp³-hybridized carbons (Fsp3) is 0.562. The highest BCUT2D eigenvalue weighted by molar-refractivity contribution is 5.51. The Labute approximate surface area is 115 Å². The minimum atomic E-state index is 0.106. The first-order valence-corrected chi connectivity index (χ1v) is 6.85. The fourth-order valence-electron chi connectivity index (χ4n) is 3.08. The van der Waals surface area contributed by atoms with Gasteiger partial charge < -0.3 is 9.64 Å². The highest BCUT2D eigenvalue weighted by atomic mass is 16.5. The Kier molecular flexibility index (Phi) is 3.99. The zero-order valence-corrected chi connectivity index (χ0v) is 12.0. The molecule has 1 fully saturated rings.